The Balaban J connectivity index is 1.65. The summed E-state index contributed by atoms with van der Waals surface area (Å²) in [6, 6.07) is 13.3. The normalized spacial score (nSPS) is 14.0. The van der Waals surface area contributed by atoms with E-state index in [4.69, 9.17) is 4.74 Å². The number of carbonyl (C=O) groups excluding carboxylic acids is 1. The summed E-state index contributed by atoms with van der Waals surface area (Å²) in [4.78, 5) is 30.9. The second kappa shape index (κ2) is 8.84. The molecule has 1 aliphatic rings. The zero-order valence-electron chi connectivity index (χ0n) is 18.3. The van der Waals surface area contributed by atoms with Crippen molar-refractivity contribution in [3.8, 4) is 5.75 Å². The van der Waals surface area contributed by atoms with E-state index in [2.05, 4.69) is 23.3 Å². The van der Waals surface area contributed by atoms with Crippen LogP contribution in [0.25, 0.3) is 10.9 Å². The summed E-state index contributed by atoms with van der Waals surface area (Å²) in [6.07, 6.45) is 4.08. The maximum absolute atomic E-state index is 13.3. The molecule has 0 bridgehead atoms. The molecule has 0 aliphatic heterocycles. The molecule has 162 valence electrons. The van der Waals surface area contributed by atoms with Gasteiger partial charge >= 0.3 is 6.03 Å². The summed E-state index contributed by atoms with van der Waals surface area (Å²) in [6.45, 7) is 4.36. The number of urea groups is 1. The van der Waals surface area contributed by atoms with Gasteiger partial charge in [-0.15, -0.1) is 0 Å². The number of H-pyrrole nitrogens is 1. The molecule has 31 heavy (non-hydrogen) atoms. The Hall–Kier alpha value is -3.28. The quantitative estimate of drug-likeness (QED) is 0.602. The Morgan fingerprint density at radius 1 is 1.13 bits per heavy atom. The minimum Gasteiger partial charge on any atom is -0.495 e. The number of anilines is 1. The summed E-state index contributed by atoms with van der Waals surface area (Å²) in [5.41, 5.74) is 4.20. The highest BCUT2D eigenvalue weighted by molar-refractivity contribution is 5.91. The van der Waals surface area contributed by atoms with Crippen LogP contribution in [-0.2, 0) is 6.54 Å². The molecule has 2 amide bonds. The molecule has 1 fully saturated rings. The van der Waals surface area contributed by atoms with E-state index in [9.17, 15) is 9.59 Å². The van der Waals surface area contributed by atoms with Gasteiger partial charge in [0.15, 0.2) is 0 Å². The third-order valence-electron chi connectivity index (χ3n) is 6.25. The van der Waals surface area contributed by atoms with E-state index in [1.54, 1.807) is 12.0 Å². The predicted molar refractivity (Wildman–Crippen MR) is 124 cm³/mol. The molecule has 6 heteroatoms. The molecule has 4 rings (SSSR count). The van der Waals surface area contributed by atoms with Gasteiger partial charge in [-0.2, -0.15) is 0 Å². The van der Waals surface area contributed by atoms with Gasteiger partial charge in [-0.1, -0.05) is 25.0 Å². The van der Waals surface area contributed by atoms with Crippen LogP contribution in [0.15, 0.2) is 47.3 Å². The predicted octanol–water partition coefficient (Wildman–Crippen LogP) is 5.13. The number of rotatable bonds is 5. The smallest absolute Gasteiger partial charge is 0.322 e. The molecule has 1 heterocycles. The molecule has 2 aromatic carbocycles. The first-order valence-electron chi connectivity index (χ1n) is 10.8. The second-order valence-electron chi connectivity index (χ2n) is 8.34. The highest BCUT2D eigenvalue weighted by Gasteiger charge is 2.28. The lowest BCUT2D eigenvalue weighted by molar-refractivity contribution is 0.184. The first-order valence-corrected chi connectivity index (χ1v) is 10.8. The van der Waals surface area contributed by atoms with Crippen LogP contribution in [0.2, 0.25) is 0 Å². The Kier molecular flexibility index (Phi) is 5.98. The number of aromatic nitrogens is 1. The van der Waals surface area contributed by atoms with Crippen molar-refractivity contribution in [1.29, 1.82) is 0 Å². The molecule has 0 radical (unpaired) electrons. The monoisotopic (exact) mass is 419 g/mol. The van der Waals surface area contributed by atoms with Crippen molar-refractivity contribution in [3.05, 3.63) is 69.5 Å². The number of para-hydroxylation sites is 2. The zero-order valence-corrected chi connectivity index (χ0v) is 18.3. The van der Waals surface area contributed by atoms with Crippen LogP contribution in [0.3, 0.4) is 0 Å². The highest BCUT2D eigenvalue weighted by Crippen LogP contribution is 2.28. The molecule has 1 aliphatic carbocycles. The second-order valence-corrected chi connectivity index (χ2v) is 8.34. The fourth-order valence-corrected chi connectivity index (χ4v) is 4.34. The fraction of sp³-hybridized carbons (Fsp3) is 0.360. The van der Waals surface area contributed by atoms with Crippen LogP contribution in [0.4, 0.5) is 10.5 Å². The number of nitrogens with zero attached hydrogens (tertiary/aromatic N) is 1. The maximum Gasteiger partial charge on any atom is 0.322 e. The van der Waals surface area contributed by atoms with Gasteiger partial charge in [-0.3, -0.25) is 4.79 Å². The summed E-state index contributed by atoms with van der Waals surface area (Å²) in [7, 11) is 1.58. The van der Waals surface area contributed by atoms with Crippen LogP contribution < -0.4 is 15.6 Å². The number of ether oxygens (including phenoxy) is 1. The number of benzene rings is 2. The van der Waals surface area contributed by atoms with E-state index >= 15 is 0 Å². The summed E-state index contributed by atoms with van der Waals surface area (Å²) in [5, 5.41) is 3.96. The molecule has 0 spiro atoms. The fourth-order valence-electron chi connectivity index (χ4n) is 4.34. The van der Waals surface area contributed by atoms with Crippen LogP contribution in [0.1, 0.15) is 42.4 Å². The van der Waals surface area contributed by atoms with E-state index in [0.29, 0.717) is 17.0 Å². The van der Waals surface area contributed by atoms with E-state index in [0.717, 1.165) is 42.1 Å². The van der Waals surface area contributed by atoms with Gasteiger partial charge in [0.1, 0.15) is 5.75 Å². The van der Waals surface area contributed by atoms with Crippen LogP contribution >= 0.6 is 0 Å². The molecule has 1 saturated carbocycles. The van der Waals surface area contributed by atoms with Crippen molar-refractivity contribution in [2.75, 3.05) is 12.4 Å². The summed E-state index contributed by atoms with van der Waals surface area (Å²) >= 11 is 0. The van der Waals surface area contributed by atoms with Crippen molar-refractivity contribution < 1.29 is 9.53 Å². The van der Waals surface area contributed by atoms with Gasteiger partial charge in [0.25, 0.3) is 5.56 Å². The van der Waals surface area contributed by atoms with Gasteiger partial charge in [0, 0.05) is 17.1 Å². The number of carbonyl (C=O) groups is 1. The molecule has 0 saturated heterocycles. The van der Waals surface area contributed by atoms with E-state index in [-0.39, 0.29) is 24.2 Å². The van der Waals surface area contributed by atoms with Gasteiger partial charge in [0.05, 0.1) is 19.3 Å². The average molecular weight is 420 g/mol. The largest absolute Gasteiger partial charge is 0.495 e. The first kappa shape index (κ1) is 21.0. The Morgan fingerprint density at radius 2 is 1.84 bits per heavy atom. The third-order valence-corrected chi connectivity index (χ3v) is 6.25. The molecule has 1 aromatic heterocycles. The first-order chi connectivity index (χ1) is 15.0. The van der Waals surface area contributed by atoms with Crippen molar-refractivity contribution in [2.45, 2.75) is 52.1 Å². The maximum atomic E-state index is 13.3. The minimum absolute atomic E-state index is 0.115. The molecule has 3 aromatic rings. The third kappa shape index (κ3) is 4.43. The Morgan fingerprint density at radius 3 is 2.58 bits per heavy atom. The number of hydrogen-bond donors (Lipinski definition) is 2. The molecular formula is C25H29N3O3. The molecule has 2 N–H and O–H groups in total. The lowest BCUT2D eigenvalue weighted by Gasteiger charge is -2.29. The Labute approximate surface area is 182 Å². The summed E-state index contributed by atoms with van der Waals surface area (Å²) < 4.78 is 5.37. The average Bonchev–Trinajstić information content (AvgIpc) is 3.28. The number of amides is 2. The molecule has 0 atom stereocenters. The number of hydrogen-bond acceptors (Lipinski definition) is 3. The van der Waals surface area contributed by atoms with Crippen molar-refractivity contribution in [1.82, 2.24) is 9.88 Å². The standard InChI is InChI=1S/C25H29N3O3/c1-16-12-18-14-19(24(29)26-22(18)13-17(16)2)15-28(20-8-4-5-9-20)25(30)27-21-10-6-7-11-23(21)31-3/h6-7,10-14,20H,4-5,8-9,15H2,1-3H3,(H,26,29)(H,27,30). The van der Waals surface area contributed by atoms with Crippen LogP contribution in [0, 0.1) is 13.8 Å². The highest BCUT2D eigenvalue weighted by atomic mass is 16.5. The van der Waals surface area contributed by atoms with Crippen LogP contribution in [-0.4, -0.2) is 29.1 Å². The van der Waals surface area contributed by atoms with Crippen LogP contribution in [0.5, 0.6) is 5.75 Å². The summed E-state index contributed by atoms with van der Waals surface area (Å²) in [5.74, 6) is 0.608. The lowest BCUT2D eigenvalue weighted by atomic mass is 10.0. The van der Waals surface area contributed by atoms with Gasteiger partial charge in [-0.05, 0) is 73.5 Å². The number of aryl methyl sites for hydroxylation is 2. The van der Waals surface area contributed by atoms with Gasteiger partial charge < -0.3 is 19.9 Å². The lowest BCUT2D eigenvalue weighted by Crippen LogP contribution is -2.42. The molecule has 6 nitrogen and oxygen atoms in total. The van der Waals surface area contributed by atoms with Crippen molar-refractivity contribution >= 4 is 22.6 Å². The minimum atomic E-state index is -0.212. The number of pyridine rings is 1. The van der Waals surface area contributed by atoms with Gasteiger partial charge in [0.2, 0.25) is 0 Å². The van der Waals surface area contributed by atoms with Crippen molar-refractivity contribution in [3.63, 3.8) is 0 Å². The topological polar surface area (TPSA) is 74.4 Å². The molecule has 0 unspecified atom stereocenters. The number of nitrogens with one attached hydrogen (secondary N) is 2. The van der Waals surface area contributed by atoms with Gasteiger partial charge in [-0.25, -0.2) is 4.79 Å². The number of aromatic amines is 1. The van der Waals surface area contributed by atoms with E-state index in [1.807, 2.05) is 43.3 Å². The van der Waals surface area contributed by atoms with Crippen molar-refractivity contribution in [2.24, 2.45) is 0 Å². The SMILES string of the molecule is COc1ccccc1NC(=O)N(Cc1cc2cc(C)c(C)cc2[nH]c1=O)C1CCCC1. The molecular weight excluding hydrogens is 390 g/mol. The Bertz CT molecular complexity index is 1160. The zero-order chi connectivity index (χ0) is 22.0. The number of methoxy groups -OCH3 is 1. The van der Waals surface area contributed by atoms with E-state index < -0.39 is 0 Å². The van der Waals surface area contributed by atoms with E-state index in [1.165, 1.54) is 5.56 Å². The number of fused-ring (bicyclic) bond motifs is 1.